The SMILES string of the molecule is COCCn1c(CN)nnc1C(C)(C)c1ccccc1. The van der Waals surface area contributed by atoms with Crippen molar-refractivity contribution in [3.63, 3.8) is 0 Å². The van der Waals surface area contributed by atoms with E-state index in [1.165, 1.54) is 5.56 Å². The molecular weight excluding hydrogens is 252 g/mol. The number of benzene rings is 1. The number of hydrogen-bond acceptors (Lipinski definition) is 4. The maximum absolute atomic E-state index is 5.75. The predicted molar refractivity (Wildman–Crippen MR) is 78.4 cm³/mol. The van der Waals surface area contributed by atoms with Crippen LogP contribution in [0.2, 0.25) is 0 Å². The van der Waals surface area contributed by atoms with Crippen LogP contribution in [-0.4, -0.2) is 28.5 Å². The summed E-state index contributed by atoms with van der Waals surface area (Å²) in [5.41, 5.74) is 6.73. The molecule has 1 heterocycles. The Hall–Kier alpha value is -1.72. The van der Waals surface area contributed by atoms with Crippen molar-refractivity contribution >= 4 is 0 Å². The summed E-state index contributed by atoms with van der Waals surface area (Å²) in [5, 5.41) is 8.58. The van der Waals surface area contributed by atoms with E-state index < -0.39 is 0 Å². The Kier molecular flexibility index (Phi) is 4.52. The van der Waals surface area contributed by atoms with Crippen LogP contribution in [0.15, 0.2) is 30.3 Å². The highest BCUT2D eigenvalue weighted by Crippen LogP contribution is 2.30. The first-order valence-electron chi connectivity index (χ1n) is 6.78. The zero-order valence-corrected chi connectivity index (χ0v) is 12.3. The molecule has 2 N–H and O–H groups in total. The van der Waals surface area contributed by atoms with E-state index in [2.05, 4.69) is 40.7 Å². The number of rotatable bonds is 6. The standard InChI is InChI=1S/C15H22N4O/c1-15(2,12-7-5-4-6-8-12)14-18-17-13(11-16)19(14)9-10-20-3/h4-8H,9-11,16H2,1-3H3. The summed E-state index contributed by atoms with van der Waals surface area (Å²) in [7, 11) is 1.69. The molecule has 0 aliphatic rings. The number of aromatic nitrogens is 3. The van der Waals surface area contributed by atoms with Crippen LogP contribution in [0.4, 0.5) is 0 Å². The lowest BCUT2D eigenvalue weighted by molar-refractivity contribution is 0.184. The number of nitrogens with two attached hydrogens (primary N) is 1. The topological polar surface area (TPSA) is 66.0 Å². The van der Waals surface area contributed by atoms with Gasteiger partial charge in [0.05, 0.1) is 13.2 Å². The van der Waals surface area contributed by atoms with Crippen LogP contribution < -0.4 is 5.73 Å². The minimum atomic E-state index is -0.227. The second kappa shape index (κ2) is 6.15. The molecule has 0 aliphatic carbocycles. The molecule has 0 radical (unpaired) electrons. The first-order valence-corrected chi connectivity index (χ1v) is 6.78. The predicted octanol–water partition coefficient (Wildman–Crippen LogP) is 1.71. The Bertz CT molecular complexity index is 548. The monoisotopic (exact) mass is 274 g/mol. The average molecular weight is 274 g/mol. The number of ether oxygens (including phenoxy) is 1. The van der Waals surface area contributed by atoms with Crippen molar-refractivity contribution in [3.8, 4) is 0 Å². The largest absolute Gasteiger partial charge is 0.383 e. The fraction of sp³-hybridized carbons (Fsp3) is 0.467. The minimum Gasteiger partial charge on any atom is -0.383 e. The zero-order chi connectivity index (χ0) is 14.6. The van der Waals surface area contributed by atoms with Gasteiger partial charge in [0.25, 0.3) is 0 Å². The third-order valence-electron chi connectivity index (χ3n) is 3.58. The van der Waals surface area contributed by atoms with E-state index in [0.717, 1.165) is 11.6 Å². The summed E-state index contributed by atoms with van der Waals surface area (Å²) in [6.07, 6.45) is 0. The van der Waals surface area contributed by atoms with Gasteiger partial charge in [-0.25, -0.2) is 0 Å². The van der Waals surface area contributed by atoms with Crippen molar-refractivity contribution in [2.24, 2.45) is 5.73 Å². The number of nitrogens with zero attached hydrogens (tertiary/aromatic N) is 3. The van der Waals surface area contributed by atoms with Crippen LogP contribution in [0.25, 0.3) is 0 Å². The fourth-order valence-corrected chi connectivity index (χ4v) is 2.35. The molecule has 0 spiro atoms. The van der Waals surface area contributed by atoms with Gasteiger partial charge in [0.15, 0.2) is 0 Å². The Morgan fingerprint density at radius 3 is 2.50 bits per heavy atom. The first kappa shape index (κ1) is 14.7. The Balaban J connectivity index is 2.43. The van der Waals surface area contributed by atoms with Gasteiger partial charge in [-0.1, -0.05) is 30.3 Å². The van der Waals surface area contributed by atoms with Crippen molar-refractivity contribution in [2.45, 2.75) is 32.4 Å². The van der Waals surface area contributed by atoms with Gasteiger partial charge < -0.3 is 15.0 Å². The Labute approximate surface area is 119 Å². The molecule has 2 rings (SSSR count). The van der Waals surface area contributed by atoms with Crippen LogP contribution in [-0.2, 0) is 23.2 Å². The molecule has 0 amide bonds. The molecule has 2 aromatic rings. The lowest BCUT2D eigenvalue weighted by Gasteiger charge is -2.25. The molecule has 0 fully saturated rings. The van der Waals surface area contributed by atoms with Gasteiger partial charge in [-0.2, -0.15) is 0 Å². The summed E-state index contributed by atoms with van der Waals surface area (Å²) >= 11 is 0. The summed E-state index contributed by atoms with van der Waals surface area (Å²) in [5.74, 6) is 1.71. The third kappa shape index (κ3) is 2.73. The molecule has 108 valence electrons. The summed E-state index contributed by atoms with van der Waals surface area (Å²) in [6, 6.07) is 10.3. The maximum atomic E-state index is 5.75. The van der Waals surface area contributed by atoms with Gasteiger partial charge in [-0.15, -0.1) is 10.2 Å². The Morgan fingerprint density at radius 1 is 1.20 bits per heavy atom. The second-order valence-electron chi connectivity index (χ2n) is 5.28. The lowest BCUT2D eigenvalue weighted by Crippen LogP contribution is -2.26. The van der Waals surface area contributed by atoms with E-state index in [4.69, 9.17) is 10.5 Å². The van der Waals surface area contributed by atoms with E-state index in [1.54, 1.807) is 7.11 Å². The average Bonchev–Trinajstić information content (AvgIpc) is 2.89. The van der Waals surface area contributed by atoms with E-state index in [1.807, 2.05) is 18.2 Å². The molecule has 0 bridgehead atoms. The summed E-state index contributed by atoms with van der Waals surface area (Å²) in [4.78, 5) is 0. The first-order chi connectivity index (χ1) is 9.61. The van der Waals surface area contributed by atoms with Crippen LogP contribution in [0.5, 0.6) is 0 Å². The van der Waals surface area contributed by atoms with Crippen molar-refractivity contribution in [1.82, 2.24) is 14.8 Å². The van der Waals surface area contributed by atoms with Gasteiger partial charge >= 0.3 is 0 Å². The molecule has 0 aliphatic heterocycles. The molecule has 1 aromatic heterocycles. The maximum Gasteiger partial charge on any atom is 0.146 e. The number of hydrogen-bond donors (Lipinski definition) is 1. The van der Waals surface area contributed by atoms with Gasteiger partial charge in [0.1, 0.15) is 11.6 Å². The van der Waals surface area contributed by atoms with Crippen LogP contribution in [0, 0.1) is 0 Å². The van der Waals surface area contributed by atoms with Gasteiger partial charge in [-0.05, 0) is 19.4 Å². The molecule has 5 nitrogen and oxygen atoms in total. The molecule has 0 saturated carbocycles. The quantitative estimate of drug-likeness (QED) is 0.871. The van der Waals surface area contributed by atoms with Crippen LogP contribution in [0.1, 0.15) is 31.1 Å². The van der Waals surface area contributed by atoms with Crippen molar-refractivity contribution in [1.29, 1.82) is 0 Å². The Morgan fingerprint density at radius 2 is 1.90 bits per heavy atom. The normalized spacial score (nSPS) is 11.8. The van der Waals surface area contributed by atoms with Crippen molar-refractivity contribution in [3.05, 3.63) is 47.5 Å². The smallest absolute Gasteiger partial charge is 0.146 e. The van der Waals surface area contributed by atoms with Gasteiger partial charge in [0.2, 0.25) is 0 Å². The molecule has 5 heteroatoms. The minimum absolute atomic E-state index is 0.227. The van der Waals surface area contributed by atoms with E-state index in [9.17, 15) is 0 Å². The highest BCUT2D eigenvalue weighted by Gasteiger charge is 2.29. The highest BCUT2D eigenvalue weighted by atomic mass is 16.5. The lowest BCUT2D eigenvalue weighted by atomic mass is 9.83. The molecule has 0 atom stereocenters. The zero-order valence-electron chi connectivity index (χ0n) is 12.3. The van der Waals surface area contributed by atoms with Crippen LogP contribution >= 0.6 is 0 Å². The van der Waals surface area contributed by atoms with Gasteiger partial charge in [-0.3, -0.25) is 0 Å². The van der Waals surface area contributed by atoms with Gasteiger partial charge in [0, 0.05) is 19.1 Å². The fourth-order valence-electron chi connectivity index (χ4n) is 2.35. The second-order valence-corrected chi connectivity index (χ2v) is 5.28. The van der Waals surface area contributed by atoms with E-state index >= 15 is 0 Å². The molecular formula is C15H22N4O. The van der Waals surface area contributed by atoms with Crippen LogP contribution in [0.3, 0.4) is 0 Å². The van der Waals surface area contributed by atoms with Crippen molar-refractivity contribution in [2.75, 3.05) is 13.7 Å². The summed E-state index contributed by atoms with van der Waals surface area (Å²) < 4.78 is 7.24. The highest BCUT2D eigenvalue weighted by molar-refractivity contribution is 5.31. The van der Waals surface area contributed by atoms with E-state index in [0.29, 0.717) is 19.7 Å². The molecule has 20 heavy (non-hydrogen) atoms. The molecule has 0 unspecified atom stereocenters. The molecule has 1 aromatic carbocycles. The number of methoxy groups -OCH3 is 1. The summed E-state index contributed by atoms with van der Waals surface area (Å²) in [6.45, 7) is 6.00. The van der Waals surface area contributed by atoms with E-state index in [-0.39, 0.29) is 5.41 Å². The molecule has 0 saturated heterocycles. The third-order valence-corrected chi connectivity index (χ3v) is 3.58. The van der Waals surface area contributed by atoms with Crippen molar-refractivity contribution < 1.29 is 4.74 Å².